The van der Waals surface area contributed by atoms with Crippen molar-refractivity contribution >= 4 is 5.97 Å². The van der Waals surface area contributed by atoms with Gasteiger partial charge in [-0.15, -0.1) is 0 Å². The number of ether oxygens (including phenoxy) is 1. The molecule has 0 fully saturated rings. The van der Waals surface area contributed by atoms with Crippen LogP contribution in [-0.2, 0) is 9.53 Å². The van der Waals surface area contributed by atoms with E-state index in [1.54, 1.807) is 0 Å². The molecule has 0 atom stereocenters. The normalized spacial score (nSPS) is 14.4. The fourth-order valence-electron chi connectivity index (χ4n) is 0.259. The first-order valence-corrected chi connectivity index (χ1v) is 1.97. The van der Waals surface area contributed by atoms with E-state index in [0.717, 1.165) is 0 Å². The lowest BCUT2D eigenvalue weighted by Crippen LogP contribution is -2.02. The molecule has 0 aromatic heterocycles. The molecule has 0 heterocycles. The number of carbonyl (C=O) groups is 1. The van der Waals surface area contributed by atoms with Gasteiger partial charge in [0.1, 0.15) is 0 Å². The Bertz CT molecular complexity index is 141. The zero-order valence-electron chi connectivity index (χ0n) is 3.89. The van der Waals surface area contributed by atoms with Crippen molar-refractivity contribution < 1.29 is 9.53 Å². The van der Waals surface area contributed by atoms with Gasteiger partial charge in [-0.3, -0.25) is 4.79 Å². The van der Waals surface area contributed by atoms with Crippen molar-refractivity contribution in [3.8, 4) is 11.8 Å². The first kappa shape index (κ1) is 4.20. The maximum Gasteiger partial charge on any atom is 0.304 e. The minimum absolute atomic E-state index is 0.225. The zero-order valence-corrected chi connectivity index (χ0v) is 3.89. The molecule has 0 spiro atoms. The number of esters is 1. The van der Waals surface area contributed by atoms with Crippen molar-refractivity contribution in [3.05, 3.63) is 0 Å². The molecule has 0 amide bonds. The van der Waals surface area contributed by atoms with Gasteiger partial charge in [-0.2, -0.15) is 0 Å². The van der Waals surface area contributed by atoms with Crippen LogP contribution in [0.5, 0.6) is 0 Å². The van der Waals surface area contributed by atoms with Gasteiger partial charge in [-0.1, -0.05) is 0 Å². The SMILES string of the molecule is CC(=O)OC1C#C1. The fraction of sp³-hybridized carbons (Fsp3) is 0.400. The molecule has 36 valence electrons. The van der Waals surface area contributed by atoms with Crippen LogP contribution in [0, 0.1) is 11.8 Å². The highest BCUT2D eigenvalue weighted by atomic mass is 16.5. The van der Waals surface area contributed by atoms with Crippen LogP contribution in [0.4, 0.5) is 0 Å². The summed E-state index contributed by atoms with van der Waals surface area (Å²) in [4.78, 5) is 9.99. The van der Waals surface area contributed by atoms with Crippen molar-refractivity contribution in [2.75, 3.05) is 0 Å². The van der Waals surface area contributed by atoms with E-state index in [1.807, 2.05) is 0 Å². The Kier molecular flexibility index (Phi) is 0.759. The monoisotopic (exact) mass is 96.0 g/mol. The Labute approximate surface area is 41.5 Å². The van der Waals surface area contributed by atoms with E-state index in [4.69, 9.17) is 0 Å². The summed E-state index contributed by atoms with van der Waals surface area (Å²) in [7, 11) is 0. The first-order chi connectivity index (χ1) is 3.29. The summed E-state index contributed by atoms with van der Waals surface area (Å²) >= 11 is 0. The Morgan fingerprint density at radius 2 is 2.29 bits per heavy atom. The molecule has 0 bridgehead atoms. The molecule has 2 nitrogen and oxygen atoms in total. The topological polar surface area (TPSA) is 26.3 Å². The molecule has 1 rings (SSSR count). The Morgan fingerprint density at radius 3 is 2.43 bits per heavy atom. The summed E-state index contributed by atoms with van der Waals surface area (Å²) in [6.45, 7) is 1.36. The van der Waals surface area contributed by atoms with E-state index < -0.39 is 0 Å². The number of carbonyl (C=O) groups excluding carboxylic acids is 1. The second-order valence-corrected chi connectivity index (χ2v) is 1.28. The first-order valence-electron chi connectivity index (χ1n) is 1.97. The van der Waals surface area contributed by atoms with Crippen LogP contribution in [0.2, 0.25) is 0 Å². The molecule has 0 unspecified atom stereocenters. The van der Waals surface area contributed by atoms with Gasteiger partial charge in [-0.05, 0) is 11.8 Å². The molecular weight excluding hydrogens is 92.1 g/mol. The summed E-state index contributed by atoms with van der Waals surface area (Å²) in [5, 5.41) is 0. The minimum Gasteiger partial charge on any atom is -0.437 e. The van der Waals surface area contributed by atoms with E-state index in [1.165, 1.54) is 6.92 Å². The highest BCUT2D eigenvalue weighted by Crippen LogP contribution is 1.97. The molecular formula is C5H4O2. The predicted octanol–water partition coefficient (Wildman–Crippen LogP) is -0.0649. The third-order valence-corrected chi connectivity index (χ3v) is 0.546. The second kappa shape index (κ2) is 1.27. The largest absolute Gasteiger partial charge is 0.437 e. The molecule has 2 heteroatoms. The van der Waals surface area contributed by atoms with Crippen molar-refractivity contribution in [1.82, 2.24) is 0 Å². The second-order valence-electron chi connectivity index (χ2n) is 1.28. The Balaban J connectivity index is 2.11. The standard InChI is InChI=1S/C5H4O2/c1-4(6)7-5-2-3-5/h5H,1H3. The fourth-order valence-corrected chi connectivity index (χ4v) is 0.259. The minimum atomic E-state index is -0.275. The van der Waals surface area contributed by atoms with E-state index >= 15 is 0 Å². The summed E-state index contributed by atoms with van der Waals surface area (Å²) in [6.07, 6.45) is -0.225. The number of hydrogen-bond acceptors (Lipinski definition) is 2. The van der Waals surface area contributed by atoms with Crippen LogP contribution in [0.3, 0.4) is 0 Å². The molecule has 1 aliphatic carbocycles. The summed E-state index contributed by atoms with van der Waals surface area (Å²) in [5.74, 6) is 4.87. The summed E-state index contributed by atoms with van der Waals surface area (Å²) in [6, 6.07) is 0. The summed E-state index contributed by atoms with van der Waals surface area (Å²) < 4.78 is 4.50. The van der Waals surface area contributed by atoms with Gasteiger partial charge in [-0.25, -0.2) is 0 Å². The number of rotatable bonds is 1. The smallest absolute Gasteiger partial charge is 0.304 e. The molecule has 0 aromatic carbocycles. The molecule has 1 aliphatic rings. The molecule has 7 heavy (non-hydrogen) atoms. The van der Waals surface area contributed by atoms with Crippen LogP contribution in [0.25, 0.3) is 0 Å². The van der Waals surface area contributed by atoms with Gasteiger partial charge in [0.05, 0.1) is 0 Å². The van der Waals surface area contributed by atoms with Crippen molar-refractivity contribution in [1.29, 1.82) is 0 Å². The van der Waals surface area contributed by atoms with Crippen LogP contribution in [0.15, 0.2) is 0 Å². The van der Waals surface area contributed by atoms with Gasteiger partial charge in [0.2, 0.25) is 6.10 Å². The van der Waals surface area contributed by atoms with Gasteiger partial charge in [0.25, 0.3) is 0 Å². The van der Waals surface area contributed by atoms with Gasteiger partial charge < -0.3 is 4.74 Å². The maximum atomic E-state index is 9.99. The van der Waals surface area contributed by atoms with E-state index in [2.05, 4.69) is 16.6 Å². The molecule has 0 aliphatic heterocycles. The van der Waals surface area contributed by atoms with Gasteiger partial charge in [0.15, 0.2) is 0 Å². The highest BCUT2D eigenvalue weighted by Gasteiger charge is 2.11. The van der Waals surface area contributed by atoms with Crippen molar-refractivity contribution in [2.45, 2.75) is 13.0 Å². The third kappa shape index (κ3) is 1.27. The van der Waals surface area contributed by atoms with Crippen LogP contribution in [-0.4, -0.2) is 12.1 Å². The molecule has 0 saturated carbocycles. The lowest BCUT2D eigenvalue weighted by Gasteiger charge is -1.91. The van der Waals surface area contributed by atoms with Gasteiger partial charge >= 0.3 is 5.97 Å². The maximum absolute atomic E-state index is 9.99. The molecule has 0 N–H and O–H groups in total. The Morgan fingerprint density at radius 1 is 1.71 bits per heavy atom. The quantitative estimate of drug-likeness (QED) is 0.337. The van der Waals surface area contributed by atoms with Crippen LogP contribution in [0.1, 0.15) is 6.92 Å². The summed E-state index contributed by atoms with van der Waals surface area (Å²) in [5.41, 5.74) is 0. The van der Waals surface area contributed by atoms with Crippen molar-refractivity contribution in [2.24, 2.45) is 0 Å². The van der Waals surface area contributed by atoms with E-state index in [0.29, 0.717) is 0 Å². The van der Waals surface area contributed by atoms with E-state index in [9.17, 15) is 4.79 Å². The van der Waals surface area contributed by atoms with E-state index in [-0.39, 0.29) is 12.1 Å². The van der Waals surface area contributed by atoms with Crippen molar-refractivity contribution in [3.63, 3.8) is 0 Å². The molecule has 0 saturated heterocycles. The zero-order chi connectivity index (χ0) is 5.28. The average Bonchev–Trinajstić information content (AvgIpc) is 2.17. The molecule has 0 radical (unpaired) electrons. The third-order valence-electron chi connectivity index (χ3n) is 0.546. The lowest BCUT2D eigenvalue weighted by molar-refractivity contribution is -0.141. The van der Waals surface area contributed by atoms with Gasteiger partial charge in [0, 0.05) is 6.92 Å². The Hall–Kier alpha value is -0.970. The van der Waals surface area contributed by atoms with Crippen LogP contribution >= 0.6 is 0 Å². The lowest BCUT2D eigenvalue weighted by atomic mass is 10.7. The predicted molar refractivity (Wildman–Crippen MR) is 23.3 cm³/mol. The highest BCUT2D eigenvalue weighted by molar-refractivity contribution is 5.67. The average molecular weight is 96.1 g/mol. The molecule has 0 aromatic rings. The number of hydrogen-bond donors (Lipinski definition) is 0. The van der Waals surface area contributed by atoms with Crippen LogP contribution < -0.4 is 0 Å².